The van der Waals surface area contributed by atoms with E-state index < -0.39 is 10.7 Å². The summed E-state index contributed by atoms with van der Waals surface area (Å²) in [6.45, 7) is 2.83. The molecule has 0 atom stereocenters. The summed E-state index contributed by atoms with van der Waals surface area (Å²) in [6.07, 6.45) is 4.56. The number of anilines is 1. The van der Waals surface area contributed by atoms with Crippen molar-refractivity contribution in [3.05, 3.63) is 32.5 Å². The van der Waals surface area contributed by atoms with Crippen LogP contribution in [0, 0.1) is 21.3 Å². The molecule has 1 aromatic rings. The van der Waals surface area contributed by atoms with Crippen molar-refractivity contribution in [1.29, 1.82) is 0 Å². The fraction of sp³-hybridized carbons (Fsp3) is 0.538. The molecule has 0 heterocycles. The van der Waals surface area contributed by atoms with Crippen LogP contribution in [-0.2, 0) is 0 Å². The third-order valence-corrected chi connectivity index (χ3v) is 4.66. The quantitative estimate of drug-likeness (QED) is 0.639. The molecule has 0 bridgehead atoms. The van der Waals surface area contributed by atoms with Gasteiger partial charge in [-0.15, -0.1) is 0 Å². The Morgan fingerprint density at radius 3 is 2.68 bits per heavy atom. The molecular weight excluding hydrogens is 315 g/mol. The van der Waals surface area contributed by atoms with Gasteiger partial charge in [-0.2, -0.15) is 0 Å². The number of nitrogens with one attached hydrogen (secondary N) is 1. The van der Waals surface area contributed by atoms with Gasteiger partial charge in [-0.05, 0) is 46.7 Å². The Hall–Kier alpha value is -1.17. The zero-order chi connectivity index (χ0) is 14.0. The molecule has 6 heteroatoms. The Kier molecular flexibility index (Phi) is 4.08. The maximum atomic E-state index is 13.4. The lowest BCUT2D eigenvalue weighted by atomic mass is 9.67. The van der Waals surface area contributed by atoms with E-state index in [1.165, 1.54) is 12.5 Å². The van der Waals surface area contributed by atoms with Crippen LogP contribution >= 0.6 is 15.9 Å². The Balaban J connectivity index is 2.19. The lowest BCUT2D eigenvalue weighted by molar-refractivity contribution is -0.384. The number of halogens is 2. The molecule has 1 fully saturated rings. The minimum atomic E-state index is -0.619. The molecular formula is C13H16BrFN2O2. The Morgan fingerprint density at radius 2 is 2.21 bits per heavy atom. The normalized spacial score (nSPS) is 16.8. The van der Waals surface area contributed by atoms with Crippen LogP contribution < -0.4 is 5.32 Å². The van der Waals surface area contributed by atoms with Crippen LogP contribution in [0.15, 0.2) is 16.6 Å². The maximum Gasteiger partial charge on any atom is 0.295 e. The van der Waals surface area contributed by atoms with Crippen LogP contribution in [0.2, 0.25) is 0 Å². The lowest BCUT2D eigenvalue weighted by Crippen LogP contribution is -2.35. The molecule has 104 valence electrons. The van der Waals surface area contributed by atoms with Crippen molar-refractivity contribution < 1.29 is 9.31 Å². The van der Waals surface area contributed by atoms with Crippen molar-refractivity contribution in [2.75, 3.05) is 11.9 Å². The monoisotopic (exact) mass is 330 g/mol. The van der Waals surface area contributed by atoms with E-state index in [1.54, 1.807) is 0 Å². The van der Waals surface area contributed by atoms with Gasteiger partial charge in [0.05, 0.1) is 15.5 Å². The van der Waals surface area contributed by atoms with Gasteiger partial charge in [-0.3, -0.25) is 10.1 Å². The van der Waals surface area contributed by atoms with Gasteiger partial charge in [0.1, 0.15) is 11.5 Å². The van der Waals surface area contributed by atoms with Gasteiger partial charge < -0.3 is 5.32 Å². The van der Waals surface area contributed by atoms with E-state index in [9.17, 15) is 14.5 Å². The van der Waals surface area contributed by atoms with Crippen LogP contribution in [0.25, 0.3) is 0 Å². The summed E-state index contributed by atoms with van der Waals surface area (Å²) >= 11 is 3.06. The van der Waals surface area contributed by atoms with E-state index in [-0.39, 0.29) is 15.6 Å². The first-order chi connectivity index (χ1) is 8.97. The molecule has 2 rings (SSSR count). The third kappa shape index (κ3) is 2.88. The van der Waals surface area contributed by atoms with Crippen LogP contribution in [-0.4, -0.2) is 11.5 Å². The maximum absolute atomic E-state index is 13.4. The Morgan fingerprint density at radius 1 is 1.53 bits per heavy atom. The molecule has 0 saturated heterocycles. The average Bonchev–Trinajstić information content (AvgIpc) is 2.32. The average molecular weight is 331 g/mol. The van der Waals surface area contributed by atoms with Crippen LogP contribution in [0.4, 0.5) is 15.8 Å². The van der Waals surface area contributed by atoms with E-state index in [2.05, 4.69) is 28.2 Å². The van der Waals surface area contributed by atoms with Crippen molar-refractivity contribution in [1.82, 2.24) is 0 Å². The Labute approximate surface area is 119 Å². The second-order valence-electron chi connectivity index (χ2n) is 5.10. The van der Waals surface area contributed by atoms with Gasteiger partial charge in [-0.25, -0.2) is 4.39 Å². The number of nitro benzene ring substituents is 1. The zero-order valence-electron chi connectivity index (χ0n) is 10.7. The highest BCUT2D eigenvalue weighted by molar-refractivity contribution is 9.10. The van der Waals surface area contributed by atoms with Crippen molar-refractivity contribution in [2.45, 2.75) is 32.6 Å². The molecule has 0 spiro atoms. The zero-order valence-corrected chi connectivity index (χ0v) is 12.3. The predicted octanol–water partition coefficient (Wildman–Crippen LogP) is 4.49. The van der Waals surface area contributed by atoms with Gasteiger partial charge in [0.2, 0.25) is 0 Å². The van der Waals surface area contributed by atoms with Crippen molar-refractivity contribution in [3.8, 4) is 0 Å². The van der Waals surface area contributed by atoms with Gasteiger partial charge in [0.25, 0.3) is 5.69 Å². The summed E-state index contributed by atoms with van der Waals surface area (Å²) in [5.41, 5.74) is 0.402. The first kappa shape index (κ1) is 14.2. The van der Waals surface area contributed by atoms with Gasteiger partial charge in [0, 0.05) is 6.54 Å². The number of benzene rings is 1. The van der Waals surface area contributed by atoms with Gasteiger partial charge in [-0.1, -0.05) is 13.3 Å². The Bertz CT molecular complexity index is 498. The standard InChI is InChI=1S/C13H16BrFN2O2/c1-2-13(4-3-5-13)8-16-11-6-9(14)10(15)7-12(11)17(18)19/h6-7,16H,2-5,8H2,1H3. The molecule has 0 aromatic heterocycles. The summed E-state index contributed by atoms with van der Waals surface area (Å²) in [6, 6.07) is 2.39. The largest absolute Gasteiger partial charge is 0.379 e. The molecule has 0 radical (unpaired) electrons. The summed E-state index contributed by atoms with van der Waals surface area (Å²) in [7, 11) is 0. The van der Waals surface area contributed by atoms with Crippen LogP contribution in [0.5, 0.6) is 0 Å². The first-order valence-electron chi connectivity index (χ1n) is 6.35. The molecule has 19 heavy (non-hydrogen) atoms. The fourth-order valence-electron chi connectivity index (χ4n) is 2.44. The van der Waals surface area contributed by atoms with E-state index in [1.807, 2.05) is 0 Å². The van der Waals surface area contributed by atoms with Crippen LogP contribution in [0.1, 0.15) is 32.6 Å². The number of nitrogens with zero attached hydrogens (tertiary/aromatic N) is 1. The van der Waals surface area contributed by atoms with E-state index in [4.69, 9.17) is 0 Å². The molecule has 1 aliphatic rings. The fourth-order valence-corrected chi connectivity index (χ4v) is 2.79. The highest BCUT2D eigenvalue weighted by atomic mass is 79.9. The summed E-state index contributed by atoms with van der Waals surface area (Å²) in [5.74, 6) is -0.619. The van der Waals surface area contributed by atoms with E-state index in [0.29, 0.717) is 12.2 Å². The number of hydrogen-bond acceptors (Lipinski definition) is 3. The first-order valence-corrected chi connectivity index (χ1v) is 7.14. The molecule has 1 aromatic carbocycles. The summed E-state index contributed by atoms with van der Waals surface area (Å²) in [5, 5.41) is 14.1. The minimum Gasteiger partial charge on any atom is -0.379 e. The summed E-state index contributed by atoms with van der Waals surface area (Å²) in [4.78, 5) is 10.4. The number of hydrogen-bond donors (Lipinski definition) is 1. The predicted molar refractivity (Wildman–Crippen MR) is 75.8 cm³/mol. The minimum absolute atomic E-state index is 0.216. The number of rotatable bonds is 5. The highest BCUT2D eigenvalue weighted by Crippen LogP contribution is 2.44. The van der Waals surface area contributed by atoms with Crippen molar-refractivity contribution >= 4 is 27.3 Å². The smallest absolute Gasteiger partial charge is 0.295 e. The van der Waals surface area contributed by atoms with E-state index >= 15 is 0 Å². The topological polar surface area (TPSA) is 55.2 Å². The molecule has 0 amide bonds. The summed E-state index contributed by atoms with van der Waals surface area (Å²) < 4.78 is 13.6. The molecule has 1 N–H and O–H groups in total. The molecule has 1 saturated carbocycles. The van der Waals surface area contributed by atoms with Gasteiger partial charge >= 0.3 is 0 Å². The van der Waals surface area contributed by atoms with Crippen LogP contribution in [0.3, 0.4) is 0 Å². The molecule has 0 aliphatic heterocycles. The SMILES string of the molecule is CCC1(CNc2cc(Br)c(F)cc2[N+](=O)[O-])CCC1. The van der Waals surface area contributed by atoms with Crippen molar-refractivity contribution in [2.24, 2.45) is 5.41 Å². The highest BCUT2D eigenvalue weighted by Gasteiger charge is 2.35. The molecule has 1 aliphatic carbocycles. The van der Waals surface area contributed by atoms with Gasteiger partial charge in [0.15, 0.2) is 0 Å². The second-order valence-corrected chi connectivity index (χ2v) is 5.96. The molecule has 0 unspecified atom stereocenters. The second kappa shape index (κ2) is 5.45. The number of nitro groups is 1. The van der Waals surface area contributed by atoms with Crippen molar-refractivity contribution in [3.63, 3.8) is 0 Å². The third-order valence-electron chi connectivity index (χ3n) is 4.05. The lowest BCUT2D eigenvalue weighted by Gasteiger charge is -2.41. The van der Waals surface area contributed by atoms with E-state index in [0.717, 1.165) is 25.3 Å². The molecule has 4 nitrogen and oxygen atoms in total.